The summed E-state index contributed by atoms with van der Waals surface area (Å²) < 4.78 is 5.43. The van der Waals surface area contributed by atoms with E-state index in [0.29, 0.717) is 6.54 Å². The van der Waals surface area contributed by atoms with Crippen molar-refractivity contribution >= 4 is 0 Å². The Bertz CT molecular complexity index is 315. The van der Waals surface area contributed by atoms with E-state index < -0.39 is 0 Å². The van der Waals surface area contributed by atoms with Crippen LogP contribution in [0.3, 0.4) is 0 Å². The highest BCUT2D eigenvalue weighted by atomic mass is 16.5. The zero-order chi connectivity index (χ0) is 13.1. The van der Waals surface area contributed by atoms with Crippen molar-refractivity contribution in [3.05, 3.63) is 35.4 Å². The summed E-state index contributed by atoms with van der Waals surface area (Å²) in [6.07, 6.45) is 3.13. The van der Waals surface area contributed by atoms with Crippen LogP contribution in [0.4, 0.5) is 0 Å². The van der Waals surface area contributed by atoms with Crippen LogP contribution in [0.25, 0.3) is 0 Å². The molecule has 0 radical (unpaired) electrons. The van der Waals surface area contributed by atoms with Gasteiger partial charge in [-0.1, -0.05) is 31.2 Å². The summed E-state index contributed by atoms with van der Waals surface area (Å²) in [5.41, 5.74) is 8.21. The van der Waals surface area contributed by atoms with Crippen LogP contribution in [0.2, 0.25) is 0 Å². The van der Waals surface area contributed by atoms with Crippen LogP contribution >= 0.6 is 0 Å². The number of nitrogens with one attached hydrogen (secondary N) is 1. The van der Waals surface area contributed by atoms with Crippen molar-refractivity contribution in [1.82, 2.24) is 5.32 Å². The summed E-state index contributed by atoms with van der Waals surface area (Å²) in [5, 5.41) is 3.44. The molecule has 3 heteroatoms. The maximum absolute atomic E-state index is 5.56. The van der Waals surface area contributed by atoms with Gasteiger partial charge in [0.2, 0.25) is 0 Å². The van der Waals surface area contributed by atoms with E-state index >= 15 is 0 Å². The first-order valence-electron chi connectivity index (χ1n) is 6.93. The molecule has 0 fully saturated rings. The molecule has 0 atom stereocenters. The molecule has 1 aromatic carbocycles. The maximum Gasteiger partial charge on any atom is 0.0478 e. The second kappa shape index (κ2) is 10.1. The summed E-state index contributed by atoms with van der Waals surface area (Å²) >= 11 is 0. The Balaban J connectivity index is 2.13. The van der Waals surface area contributed by atoms with E-state index in [0.717, 1.165) is 45.6 Å². The zero-order valence-corrected chi connectivity index (χ0v) is 11.5. The van der Waals surface area contributed by atoms with Crippen LogP contribution in [0.1, 0.15) is 30.9 Å². The van der Waals surface area contributed by atoms with E-state index in [2.05, 4.69) is 36.5 Å². The van der Waals surface area contributed by atoms with Crippen LogP contribution < -0.4 is 11.1 Å². The topological polar surface area (TPSA) is 47.3 Å². The summed E-state index contributed by atoms with van der Waals surface area (Å²) in [6.45, 7) is 6.50. The lowest BCUT2D eigenvalue weighted by molar-refractivity contribution is 0.132. The first kappa shape index (κ1) is 15.2. The van der Waals surface area contributed by atoms with Crippen LogP contribution in [-0.4, -0.2) is 26.3 Å². The van der Waals surface area contributed by atoms with Crippen LogP contribution in [0, 0.1) is 0 Å². The first-order chi connectivity index (χ1) is 8.86. The Morgan fingerprint density at radius 3 is 2.83 bits per heavy atom. The van der Waals surface area contributed by atoms with Gasteiger partial charge in [-0.2, -0.15) is 0 Å². The Morgan fingerprint density at radius 1 is 1.22 bits per heavy atom. The largest absolute Gasteiger partial charge is 0.381 e. The average Bonchev–Trinajstić information content (AvgIpc) is 2.39. The van der Waals surface area contributed by atoms with Gasteiger partial charge >= 0.3 is 0 Å². The molecule has 0 saturated heterocycles. The molecule has 102 valence electrons. The molecule has 1 aromatic rings. The van der Waals surface area contributed by atoms with Gasteiger partial charge in [0, 0.05) is 19.8 Å². The van der Waals surface area contributed by atoms with E-state index in [-0.39, 0.29) is 0 Å². The number of ether oxygens (including phenoxy) is 1. The van der Waals surface area contributed by atoms with Gasteiger partial charge in [0.05, 0.1) is 0 Å². The lowest BCUT2D eigenvalue weighted by Crippen LogP contribution is -2.16. The van der Waals surface area contributed by atoms with Crippen molar-refractivity contribution in [2.45, 2.75) is 32.7 Å². The highest BCUT2D eigenvalue weighted by Gasteiger charge is 1.95. The van der Waals surface area contributed by atoms with Gasteiger partial charge in [0.25, 0.3) is 0 Å². The highest BCUT2D eigenvalue weighted by molar-refractivity contribution is 5.23. The Morgan fingerprint density at radius 2 is 2.06 bits per heavy atom. The molecule has 0 spiro atoms. The molecule has 0 amide bonds. The molecule has 0 aliphatic heterocycles. The van der Waals surface area contributed by atoms with Gasteiger partial charge in [-0.05, 0) is 43.5 Å². The minimum absolute atomic E-state index is 0.714. The third-order valence-electron chi connectivity index (χ3n) is 2.74. The molecule has 3 nitrogen and oxygen atoms in total. The van der Waals surface area contributed by atoms with E-state index in [1.54, 1.807) is 0 Å². The molecule has 0 saturated carbocycles. The molecule has 0 aromatic heterocycles. The van der Waals surface area contributed by atoms with Crippen molar-refractivity contribution in [2.24, 2.45) is 5.73 Å². The monoisotopic (exact) mass is 250 g/mol. The molecule has 0 aliphatic rings. The third kappa shape index (κ3) is 6.74. The summed E-state index contributed by atoms with van der Waals surface area (Å²) in [6, 6.07) is 8.62. The van der Waals surface area contributed by atoms with Crippen LogP contribution in [0.5, 0.6) is 0 Å². The number of nitrogens with two attached hydrogens (primary N) is 1. The third-order valence-corrected chi connectivity index (χ3v) is 2.74. The molecule has 18 heavy (non-hydrogen) atoms. The van der Waals surface area contributed by atoms with Crippen molar-refractivity contribution in [2.75, 3.05) is 26.3 Å². The van der Waals surface area contributed by atoms with E-state index in [1.165, 1.54) is 11.1 Å². The number of hydrogen-bond donors (Lipinski definition) is 2. The van der Waals surface area contributed by atoms with Crippen molar-refractivity contribution in [1.29, 1.82) is 0 Å². The molecule has 3 N–H and O–H groups in total. The van der Waals surface area contributed by atoms with E-state index in [4.69, 9.17) is 10.5 Å². The minimum Gasteiger partial charge on any atom is -0.381 e. The Labute approximate surface area is 111 Å². The standard InChI is InChI=1S/C15H26N2O/c1-2-10-18-11-4-9-17-13-15-6-3-5-14(12-15)7-8-16/h3,5-6,12,17H,2,4,7-11,13,16H2,1H3. The van der Waals surface area contributed by atoms with Gasteiger partial charge in [-0.15, -0.1) is 0 Å². The molecule has 0 heterocycles. The van der Waals surface area contributed by atoms with Crippen molar-refractivity contribution in [3.63, 3.8) is 0 Å². The van der Waals surface area contributed by atoms with Crippen molar-refractivity contribution < 1.29 is 4.74 Å². The molecule has 0 aliphatic carbocycles. The normalized spacial score (nSPS) is 10.8. The molecule has 0 unspecified atom stereocenters. The van der Waals surface area contributed by atoms with E-state index in [9.17, 15) is 0 Å². The fourth-order valence-electron chi connectivity index (χ4n) is 1.84. The van der Waals surface area contributed by atoms with E-state index in [1.807, 2.05) is 0 Å². The predicted octanol–water partition coefficient (Wildman–Crippen LogP) is 2.09. The summed E-state index contributed by atoms with van der Waals surface area (Å²) in [4.78, 5) is 0. The SMILES string of the molecule is CCCOCCCNCc1cccc(CCN)c1. The summed E-state index contributed by atoms with van der Waals surface area (Å²) in [5.74, 6) is 0. The molecule has 0 bridgehead atoms. The van der Waals surface area contributed by atoms with Gasteiger partial charge in [0.15, 0.2) is 0 Å². The zero-order valence-electron chi connectivity index (χ0n) is 11.5. The smallest absolute Gasteiger partial charge is 0.0478 e. The Hall–Kier alpha value is -0.900. The molecular weight excluding hydrogens is 224 g/mol. The number of rotatable bonds is 10. The first-order valence-corrected chi connectivity index (χ1v) is 6.93. The second-order valence-corrected chi connectivity index (χ2v) is 4.50. The molecular formula is C15H26N2O. The number of benzene rings is 1. The van der Waals surface area contributed by atoms with Crippen LogP contribution in [-0.2, 0) is 17.7 Å². The van der Waals surface area contributed by atoms with Gasteiger partial charge < -0.3 is 15.8 Å². The van der Waals surface area contributed by atoms with Gasteiger partial charge in [-0.3, -0.25) is 0 Å². The van der Waals surface area contributed by atoms with Gasteiger partial charge in [0.1, 0.15) is 0 Å². The highest BCUT2D eigenvalue weighted by Crippen LogP contribution is 2.05. The maximum atomic E-state index is 5.56. The Kier molecular flexibility index (Phi) is 8.47. The predicted molar refractivity (Wildman–Crippen MR) is 76.6 cm³/mol. The fraction of sp³-hybridized carbons (Fsp3) is 0.600. The summed E-state index contributed by atoms with van der Waals surface area (Å²) in [7, 11) is 0. The molecule has 1 rings (SSSR count). The average molecular weight is 250 g/mol. The minimum atomic E-state index is 0.714. The van der Waals surface area contributed by atoms with Crippen LogP contribution in [0.15, 0.2) is 24.3 Å². The van der Waals surface area contributed by atoms with Gasteiger partial charge in [-0.25, -0.2) is 0 Å². The quantitative estimate of drug-likeness (QED) is 0.625. The lowest BCUT2D eigenvalue weighted by Gasteiger charge is -2.07. The fourth-order valence-corrected chi connectivity index (χ4v) is 1.84. The second-order valence-electron chi connectivity index (χ2n) is 4.50. The lowest BCUT2D eigenvalue weighted by atomic mass is 10.1. The number of hydrogen-bond acceptors (Lipinski definition) is 3. The van der Waals surface area contributed by atoms with Crippen molar-refractivity contribution in [3.8, 4) is 0 Å².